The fraction of sp³-hybridized carbons (Fsp3) is 0.619. The highest BCUT2D eigenvalue weighted by atomic mass is 16.2. The van der Waals surface area contributed by atoms with Gasteiger partial charge in [0.25, 0.3) is 0 Å². The Balaban J connectivity index is 1.40. The topological polar surface area (TPSA) is 52.7 Å². The van der Waals surface area contributed by atoms with Crippen molar-refractivity contribution in [1.29, 1.82) is 0 Å². The number of hydrogen-bond acceptors (Lipinski definition) is 3. The average Bonchev–Trinajstić information content (AvgIpc) is 3.18. The highest BCUT2D eigenvalue weighted by molar-refractivity contribution is 5.80. The third kappa shape index (κ3) is 3.78. The molecular formula is C21H29N3O2. The lowest BCUT2D eigenvalue weighted by Crippen LogP contribution is -2.44. The van der Waals surface area contributed by atoms with Crippen molar-refractivity contribution in [3.8, 4) is 0 Å². The SMILES string of the molecule is O=C(N[C@@H]1CN(CCN2CCCC2=O)C[C@H]1c1ccccc1)C1CCC1. The quantitative estimate of drug-likeness (QED) is 0.849. The smallest absolute Gasteiger partial charge is 0.223 e. The molecule has 1 N–H and O–H groups in total. The van der Waals surface area contributed by atoms with E-state index in [1.807, 2.05) is 11.0 Å². The van der Waals surface area contributed by atoms with Gasteiger partial charge >= 0.3 is 0 Å². The Hall–Kier alpha value is -1.88. The van der Waals surface area contributed by atoms with E-state index in [0.29, 0.717) is 18.2 Å². The van der Waals surface area contributed by atoms with Gasteiger partial charge in [0.05, 0.1) is 0 Å². The Morgan fingerprint density at radius 3 is 2.54 bits per heavy atom. The number of nitrogens with one attached hydrogen (secondary N) is 1. The zero-order valence-electron chi connectivity index (χ0n) is 15.4. The largest absolute Gasteiger partial charge is 0.351 e. The molecule has 0 spiro atoms. The van der Waals surface area contributed by atoms with Crippen molar-refractivity contribution < 1.29 is 9.59 Å². The van der Waals surface area contributed by atoms with Crippen molar-refractivity contribution in [2.75, 3.05) is 32.7 Å². The predicted molar refractivity (Wildman–Crippen MR) is 101 cm³/mol. The van der Waals surface area contributed by atoms with Crippen LogP contribution in [0.5, 0.6) is 0 Å². The lowest BCUT2D eigenvalue weighted by Gasteiger charge is -2.28. The first-order valence-electron chi connectivity index (χ1n) is 10.1. The summed E-state index contributed by atoms with van der Waals surface area (Å²) in [7, 11) is 0. The zero-order valence-corrected chi connectivity index (χ0v) is 15.4. The van der Waals surface area contributed by atoms with E-state index in [0.717, 1.165) is 52.0 Å². The molecule has 1 saturated carbocycles. The molecule has 5 nitrogen and oxygen atoms in total. The van der Waals surface area contributed by atoms with E-state index in [1.165, 1.54) is 12.0 Å². The molecule has 2 aliphatic heterocycles. The van der Waals surface area contributed by atoms with Crippen molar-refractivity contribution in [3.05, 3.63) is 35.9 Å². The van der Waals surface area contributed by atoms with E-state index in [4.69, 9.17) is 0 Å². The summed E-state index contributed by atoms with van der Waals surface area (Å²) in [4.78, 5) is 28.7. The number of hydrogen-bond donors (Lipinski definition) is 1. The molecule has 1 aromatic rings. The van der Waals surface area contributed by atoms with Gasteiger partial charge < -0.3 is 10.2 Å². The fourth-order valence-corrected chi connectivity index (χ4v) is 4.43. The number of carbonyl (C=O) groups excluding carboxylic acids is 2. The van der Waals surface area contributed by atoms with Crippen LogP contribution in [0.15, 0.2) is 30.3 Å². The number of nitrogens with zero attached hydrogens (tertiary/aromatic N) is 2. The predicted octanol–water partition coefficient (Wildman–Crippen LogP) is 1.99. The highest BCUT2D eigenvalue weighted by Crippen LogP contribution is 2.30. The van der Waals surface area contributed by atoms with Crippen molar-refractivity contribution in [2.45, 2.75) is 44.1 Å². The fourth-order valence-electron chi connectivity index (χ4n) is 4.43. The van der Waals surface area contributed by atoms with Crippen LogP contribution < -0.4 is 5.32 Å². The second-order valence-corrected chi connectivity index (χ2v) is 8.00. The molecule has 4 rings (SSSR count). The van der Waals surface area contributed by atoms with Gasteiger partial charge in [-0.3, -0.25) is 14.5 Å². The van der Waals surface area contributed by atoms with Crippen molar-refractivity contribution in [1.82, 2.24) is 15.1 Å². The Morgan fingerprint density at radius 2 is 1.88 bits per heavy atom. The van der Waals surface area contributed by atoms with Crippen LogP contribution in [-0.2, 0) is 9.59 Å². The molecule has 2 amide bonds. The van der Waals surface area contributed by atoms with Gasteiger partial charge in [0, 0.05) is 57.0 Å². The molecule has 2 atom stereocenters. The van der Waals surface area contributed by atoms with Crippen LogP contribution in [0.3, 0.4) is 0 Å². The summed E-state index contributed by atoms with van der Waals surface area (Å²) < 4.78 is 0. The second kappa shape index (κ2) is 7.78. The standard InChI is InChI=1S/C21H29N3O2/c25-20-10-5-11-24(20)13-12-23-14-18(16-6-2-1-3-7-16)19(15-23)22-21(26)17-8-4-9-17/h1-3,6-7,17-19H,4-5,8-15H2,(H,22,26)/t18-,19+/m0/s1. The molecular weight excluding hydrogens is 326 g/mol. The number of carbonyl (C=O) groups is 2. The van der Waals surface area contributed by atoms with Crippen LogP contribution in [0.25, 0.3) is 0 Å². The van der Waals surface area contributed by atoms with Gasteiger partial charge in [-0.2, -0.15) is 0 Å². The maximum atomic E-state index is 12.5. The molecule has 3 fully saturated rings. The Labute approximate surface area is 155 Å². The van der Waals surface area contributed by atoms with Crippen molar-refractivity contribution >= 4 is 11.8 Å². The number of benzene rings is 1. The monoisotopic (exact) mass is 355 g/mol. The van der Waals surface area contributed by atoms with Crippen LogP contribution in [0, 0.1) is 5.92 Å². The molecule has 1 aliphatic carbocycles. The maximum absolute atomic E-state index is 12.5. The maximum Gasteiger partial charge on any atom is 0.223 e. The summed E-state index contributed by atoms with van der Waals surface area (Å²) in [5, 5.41) is 3.33. The highest BCUT2D eigenvalue weighted by Gasteiger charge is 2.37. The normalized spacial score (nSPS) is 26.9. The van der Waals surface area contributed by atoms with Crippen LogP contribution in [0.1, 0.15) is 43.6 Å². The molecule has 140 valence electrons. The van der Waals surface area contributed by atoms with Crippen molar-refractivity contribution in [2.24, 2.45) is 5.92 Å². The van der Waals surface area contributed by atoms with Gasteiger partial charge in [-0.15, -0.1) is 0 Å². The first-order valence-corrected chi connectivity index (χ1v) is 10.1. The Morgan fingerprint density at radius 1 is 1.08 bits per heavy atom. The summed E-state index contributed by atoms with van der Waals surface area (Å²) in [6.45, 7) is 4.42. The molecule has 0 bridgehead atoms. The van der Waals surface area contributed by atoms with Crippen LogP contribution in [0.4, 0.5) is 0 Å². The third-order valence-electron chi connectivity index (χ3n) is 6.28. The first kappa shape index (κ1) is 17.5. The average molecular weight is 355 g/mol. The lowest BCUT2D eigenvalue weighted by atomic mass is 9.84. The van der Waals surface area contributed by atoms with Crippen LogP contribution in [-0.4, -0.2) is 60.4 Å². The summed E-state index contributed by atoms with van der Waals surface area (Å²) >= 11 is 0. The van der Waals surface area contributed by atoms with Gasteiger partial charge in [-0.05, 0) is 24.8 Å². The molecule has 0 radical (unpaired) electrons. The minimum absolute atomic E-state index is 0.166. The Kier molecular flexibility index (Phi) is 5.25. The molecule has 26 heavy (non-hydrogen) atoms. The van der Waals surface area contributed by atoms with E-state index in [2.05, 4.69) is 34.5 Å². The van der Waals surface area contributed by atoms with Gasteiger partial charge in [-0.25, -0.2) is 0 Å². The molecule has 2 saturated heterocycles. The van der Waals surface area contributed by atoms with Gasteiger partial charge in [0.2, 0.25) is 11.8 Å². The minimum atomic E-state index is 0.166. The van der Waals surface area contributed by atoms with E-state index in [9.17, 15) is 9.59 Å². The molecule has 5 heteroatoms. The zero-order chi connectivity index (χ0) is 17.9. The first-order chi connectivity index (χ1) is 12.7. The van der Waals surface area contributed by atoms with Crippen LogP contribution >= 0.6 is 0 Å². The second-order valence-electron chi connectivity index (χ2n) is 8.00. The molecule has 0 aromatic heterocycles. The van der Waals surface area contributed by atoms with Crippen LogP contribution in [0.2, 0.25) is 0 Å². The van der Waals surface area contributed by atoms with Gasteiger partial charge in [-0.1, -0.05) is 36.8 Å². The summed E-state index contributed by atoms with van der Waals surface area (Å²) in [5.74, 6) is 1.08. The van der Waals surface area contributed by atoms with E-state index in [1.54, 1.807) is 0 Å². The van der Waals surface area contributed by atoms with Gasteiger partial charge in [0.15, 0.2) is 0 Å². The summed E-state index contributed by atoms with van der Waals surface area (Å²) in [6, 6.07) is 10.7. The van der Waals surface area contributed by atoms with Gasteiger partial charge in [0.1, 0.15) is 0 Å². The number of likely N-dealkylation sites (tertiary alicyclic amines) is 2. The molecule has 2 heterocycles. The summed E-state index contributed by atoms with van der Waals surface area (Å²) in [5.41, 5.74) is 1.30. The van der Waals surface area contributed by atoms with E-state index >= 15 is 0 Å². The van der Waals surface area contributed by atoms with Crippen molar-refractivity contribution in [3.63, 3.8) is 0 Å². The summed E-state index contributed by atoms with van der Waals surface area (Å²) in [6.07, 6.45) is 4.95. The number of rotatable bonds is 6. The van der Waals surface area contributed by atoms with E-state index in [-0.39, 0.29) is 17.9 Å². The Bertz CT molecular complexity index is 644. The lowest BCUT2D eigenvalue weighted by molar-refractivity contribution is -0.128. The molecule has 3 aliphatic rings. The molecule has 0 unspecified atom stereocenters. The third-order valence-corrected chi connectivity index (χ3v) is 6.28. The minimum Gasteiger partial charge on any atom is -0.351 e. The molecule has 1 aromatic carbocycles. The number of amides is 2. The van der Waals surface area contributed by atoms with E-state index < -0.39 is 0 Å².